The monoisotopic (exact) mass is 562 g/mol. The first kappa shape index (κ1) is 28.3. The minimum Gasteiger partial charge on any atom is -0.385 e. The molecular formula is C30H31F5N2O3. The second kappa shape index (κ2) is 11.3. The topological polar surface area (TPSA) is 58.6 Å². The highest BCUT2D eigenvalue weighted by molar-refractivity contribution is 5.91. The highest BCUT2D eigenvalue weighted by atomic mass is 19.4. The Balaban J connectivity index is 1.42. The van der Waals surface area contributed by atoms with E-state index in [1.54, 1.807) is 30.0 Å². The molecule has 3 aliphatic rings. The minimum atomic E-state index is -4.64. The average Bonchev–Trinajstić information content (AvgIpc) is 3.26. The van der Waals surface area contributed by atoms with Crippen LogP contribution in [-0.2, 0) is 27.2 Å². The Labute approximate surface area is 229 Å². The second-order valence-electron chi connectivity index (χ2n) is 10.9. The number of fused-ring (bicyclic) bond motifs is 1. The third-order valence-corrected chi connectivity index (χ3v) is 8.05. The van der Waals surface area contributed by atoms with Gasteiger partial charge in [0, 0.05) is 49.2 Å². The Kier molecular flexibility index (Phi) is 7.99. The molecule has 2 aromatic rings. The molecule has 0 aromatic heterocycles. The van der Waals surface area contributed by atoms with Crippen molar-refractivity contribution in [1.29, 1.82) is 0 Å². The third kappa shape index (κ3) is 6.06. The molecule has 5 nitrogen and oxygen atoms in total. The summed E-state index contributed by atoms with van der Waals surface area (Å²) in [6.07, 6.45) is -1.69. The van der Waals surface area contributed by atoms with Crippen LogP contribution in [0.25, 0.3) is 0 Å². The fourth-order valence-electron chi connectivity index (χ4n) is 6.21. The predicted molar refractivity (Wildman–Crippen MR) is 137 cm³/mol. The number of nitrogens with zero attached hydrogens (tertiary/aromatic N) is 1. The number of piperidine rings is 1. The molecule has 1 aliphatic carbocycles. The van der Waals surface area contributed by atoms with E-state index in [4.69, 9.17) is 4.74 Å². The van der Waals surface area contributed by atoms with Gasteiger partial charge in [0.15, 0.2) is 5.78 Å². The molecule has 5 atom stereocenters. The molecule has 2 aromatic carbocycles. The number of allylic oxidation sites excluding steroid dienone is 2. The number of hydrogen-bond acceptors (Lipinski definition) is 4. The van der Waals surface area contributed by atoms with Crippen LogP contribution in [0.3, 0.4) is 0 Å². The zero-order chi connectivity index (χ0) is 28.6. The summed E-state index contributed by atoms with van der Waals surface area (Å²) in [6, 6.07) is 8.54. The van der Waals surface area contributed by atoms with Gasteiger partial charge in [0.2, 0.25) is 5.91 Å². The number of alkyl halides is 4. The van der Waals surface area contributed by atoms with Crippen molar-refractivity contribution in [3.8, 4) is 0 Å². The first-order chi connectivity index (χ1) is 19.0. The van der Waals surface area contributed by atoms with Gasteiger partial charge < -0.3 is 15.0 Å². The number of nitrogens with one attached hydrogen (secondary N) is 1. The van der Waals surface area contributed by atoms with E-state index in [-0.39, 0.29) is 53.8 Å². The zero-order valence-corrected chi connectivity index (χ0v) is 22.0. The van der Waals surface area contributed by atoms with Gasteiger partial charge in [0.25, 0.3) is 0 Å². The summed E-state index contributed by atoms with van der Waals surface area (Å²) in [5, 5.41) is 3.38. The maximum absolute atomic E-state index is 13.8. The average molecular weight is 563 g/mol. The summed E-state index contributed by atoms with van der Waals surface area (Å²) >= 11 is 0. The lowest BCUT2D eigenvalue weighted by Gasteiger charge is -2.38. The zero-order valence-electron chi connectivity index (χ0n) is 22.0. The number of ketones is 1. The summed E-state index contributed by atoms with van der Waals surface area (Å²) in [5.74, 6) is -0.831. The van der Waals surface area contributed by atoms with Gasteiger partial charge in [-0.2, -0.15) is 13.2 Å². The first-order valence-corrected chi connectivity index (χ1v) is 13.5. The normalized spacial score (nSPS) is 25.9. The Morgan fingerprint density at radius 2 is 1.85 bits per heavy atom. The number of amides is 1. The van der Waals surface area contributed by atoms with Gasteiger partial charge in [0.05, 0.1) is 17.8 Å². The number of rotatable bonds is 7. The highest BCUT2D eigenvalue weighted by Crippen LogP contribution is 2.43. The summed E-state index contributed by atoms with van der Waals surface area (Å²) in [4.78, 5) is 26.9. The van der Waals surface area contributed by atoms with Crippen molar-refractivity contribution in [1.82, 2.24) is 10.2 Å². The number of hydrogen-bond donors (Lipinski definition) is 1. The number of ether oxygens (including phenoxy) is 1. The molecule has 0 radical (unpaired) electrons. The van der Waals surface area contributed by atoms with Crippen molar-refractivity contribution in [2.45, 2.75) is 82.1 Å². The minimum absolute atomic E-state index is 0.0514. The molecule has 5 rings (SSSR count). The smallest absolute Gasteiger partial charge is 0.385 e. The van der Waals surface area contributed by atoms with E-state index >= 15 is 0 Å². The van der Waals surface area contributed by atoms with Crippen LogP contribution in [-0.4, -0.2) is 41.3 Å². The Bertz CT molecular complexity index is 1290. The van der Waals surface area contributed by atoms with Crippen molar-refractivity contribution in [3.05, 3.63) is 82.3 Å². The highest BCUT2D eigenvalue weighted by Gasteiger charge is 2.49. The molecule has 2 heterocycles. The van der Waals surface area contributed by atoms with Crippen molar-refractivity contribution in [3.63, 3.8) is 0 Å². The molecule has 10 heteroatoms. The fourth-order valence-corrected chi connectivity index (χ4v) is 6.21. The molecule has 0 spiro atoms. The number of benzene rings is 2. The molecule has 214 valence electrons. The van der Waals surface area contributed by atoms with E-state index in [1.165, 1.54) is 18.2 Å². The molecule has 1 amide bonds. The van der Waals surface area contributed by atoms with Gasteiger partial charge in [-0.15, -0.1) is 0 Å². The van der Waals surface area contributed by atoms with Crippen LogP contribution < -0.4 is 5.32 Å². The number of carbonyl (C=O) groups excluding carboxylic acids is 2. The standard InChI is InChI=1S/C30H31F5N2O3/c1-17(20-9-18(15-31)10-21(11-20)30(33,34)35)40-27-16-37-26(29(27)19-5-7-22(32)8-6-19)13-24(14-28(37)39)36-23-3-2-4-25(38)12-23/h5-12,17,24,26-27,29,36H,2-4,13-16H2,1H3/t17-,24?,26+,27+,29?/m1/s1. The van der Waals surface area contributed by atoms with Gasteiger partial charge in [-0.3, -0.25) is 9.59 Å². The largest absolute Gasteiger partial charge is 0.416 e. The lowest BCUT2D eigenvalue weighted by molar-refractivity contribution is -0.138. The maximum atomic E-state index is 13.8. The van der Waals surface area contributed by atoms with E-state index in [2.05, 4.69) is 5.32 Å². The van der Waals surface area contributed by atoms with E-state index in [0.29, 0.717) is 12.8 Å². The van der Waals surface area contributed by atoms with Gasteiger partial charge in [-0.25, -0.2) is 8.78 Å². The summed E-state index contributed by atoms with van der Waals surface area (Å²) < 4.78 is 74.0. The van der Waals surface area contributed by atoms with Crippen LogP contribution in [0.1, 0.15) is 73.3 Å². The fraction of sp³-hybridized carbons (Fsp3) is 0.467. The third-order valence-electron chi connectivity index (χ3n) is 8.05. The number of carbonyl (C=O) groups is 2. The van der Waals surface area contributed by atoms with Crippen LogP contribution in [0.15, 0.2) is 54.2 Å². The summed E-state index contributed by atoms with van der Waals surface area (Å²) in [7, 11) is 0. The lowest BCUT2D eigenvalue weighted by Crippen LogP contribution is -2.50. The van der Waals surface area contributed by atoms with E-state index in [1.807, 2.05) is 0 Å². The van der Waals surface area contributed by atoms with E-state index in [9.17, 15) is 31.5 Å². The molecule has 2 saturated heterocycles. The first-order valence-electron chi connectivity index (χ1n) is 13.5. The molecule has 0 saturated carbocycles. The van der Waals surface area contributed by atoms with Crippen LogP contribution in [0.2, 0.25) is 0 Å². The molecule has 2 aliphatic heterocycles. The Hall–Kier alpha value is -3.27. The molecule has 2 unspecified atom stereocenters. The molecule has 1 N–H and O–H groups in total. The van der Waals surface area contributed by atoms with Crippen molar-refractivity contribution in [2.24, 2.45) is 0 Å². The molecule has 2 fully saturated rings. The SMILES string of the molecule is C[C@@H](O[C@H]1CN2C(=O)CC(NC3=CC(=O)CCC3)C[C@H]2C1c1ccc(F)cc1)c1cc(CF)cc(C(F)(F)F)c1. The van der Waals surface area contributed by atoms with Gasteiger partial charge in [-0.05, 0) is 67.1 Å². The Morgan fingerprint density at radius 1 is 1.10 bits per heavy atom. The van der Waals surface area contributed by atoms with Crippen LogP contribution >= 0.6 is 0 Å². The molecular weight excluding hydrogens is 531 g/mol. The van der Waals surface area contributed by atoms with Crippen molar-refractivity contribution >= 4 is 11.7 Å². The maximum Gasteiger partial charge on any atom is 0.416 e. The predicted octanol–water partition coefficient (Wildman–Crippen LogP) is 6.14. The van der Waals surface area contributed by atoms with Crippen LogP contribution in [0.5, 0.6) is 0 Å². The van der Waals surface area contributed by atoms with Gasteiger partial charge >= 0.3 is 6.18 Å². The Morgan fingerprint density at radius 3 is 2.52 bits per heavy atom. The van der Waals surface area contributed by atoms with E-state index in [0.717, 1.165) is 36.2 Å². The van der Waals surface area contributed by atoms with Crippen LogP contribution in [0.4, 0.5) is 22.0 Å². The second-order valence-corrected chi connectivity index (χ2v) is 10.9. The molecule has 40 heavy (non-hydrogen) atoms. The summed E-state index contributed by atoms with van der Waals surface area (Å²) in [5.41, 5.74) is 0.698. The van der Waals surface area contributed by atoms with Crippen LogP contribution in [0, 0.1) is 5.82 Å². The van der Waals surface area contributed by atoms with E-state index < -0.39 is 36.4 Å². The quantitative estimate of drug-likeness (QED) is 0.412. The summed E-state index contributed by atoms with van der Waals surface area (Å²) in [6.45, 7) is 0.778. The molecule has 0 bridgehead atoms. The van der Waals surface area contributed by atoms with Crippen molar-refractivity contribution < 1.29 is 36.3 Å². The van der Waals surface area contributed by atoms with Crippen molar-refractivity contribution in [2.75, 3.05) is 6.54 Å². The lowest BCUT2D eigenvalue weighted by atomic mass is 9.84. The number of halogens is 5. The van der Waals surface area contributed by atoms with Gasteiger partial charge in [0.1, 0.15) is 12.5 Å². The van der Waals surface area contributed by atoms with Gasteiger partial charge in [-0.1, -0.05) is 18.2 Å².